The molecule has 0 aliphatic carbocycles. The third kappa shape index (κ3) is 3.03. The standard InChI is InChI=1S/C30H18O12/c31-14-5-1-12(2-6-14)26-25(37)24(36)22-18(35)11-20-23(27(22)40-26)29(30(39,42-20)13-3-7-15(32)8-4-13)28(38)21-17(34)9-16(33)10-19(21)41-29/h1-11,31-35,37,39H. The van der Waals surface area contributed by atoms with Crippen LogP contribution in [0.1, 0.15) is 21.5 Å². The predicted octanol–water partition coefficient (Wildman–Crippen LogP) is 3.40. The lowest BCUT2D eigenvalue weighted by Gasteiger charge is -2.35. The van der Waals surface area contributed by atoms with Crippen molar-refractivity contribution in [3.63, 3.8) is 0 Å². The van der Waals surface area contributed by atoms with Crippen LogP contribution in [-0.4, -0.2) is 41.5 Å². The van der Waals surface area contributed by atoms with Crippen molar-refractivity contribution >= 4 is 16.8 Å². The van der Waals surface area contributed by atoms with Crippen LogP contribution in [0, 0.1) is 0 Å². The number of hydrogen-bond donors (Lipinski definition) is 7. The van der Waals surface area contributed by atoms with E-state index in [-0.39, 0.29) is 39.7 Å². The molecule has 3 heterocycles. The number of carbonyl (C=O) groups is 1. The second-order valence-electron chi connectivity index (χ2n) is 9.87. The molecule has 0 saturated carbocycles. The van der Waals surface area contributed by atoms with Crippen LogP contribution in [0.2, 0.25) is 0 Å². The van der Waals surface area contributed by atoms with Gasteiger partial charge in [-0.15, -0.1) is 0 Å². The van der Waals surface area contributed by atoms with Gasteiger partial charge in [0.1, 0.15) is 51.2 Å². The van der Waals surface area contributed by atoms with Crippen LogP contribution in [0.5, 0.6) is 46.0 Å². The van der Waals surface area contributed by atoms with Crippen molar-refractivity contribution in [3.05, 3.63) is 93.6 Å². The van der Waals surface area contributed by atoms with Crippen LogP contribution < -0.4 is 14.9 Å². The van der Waals surface area contributed by atoms with Crippen LogP contribution in [-0.2, 0) is 11.4 Å². The van der Waals surface area contributed by atoms with Gasteiger partial charge in [-0.3, -0.25) is 9.59 Å². The highest BCUT2D eigenvalue weighted by atomic mass is 16.7. The molecule has 2 aliphatic heterocycles. The number of rotatable bonds is 2. The van der Waals surface area contributed by atoms with E-state index in [1.165, 1.54) is 48.5 Å². The van der Waals surface area contributed by atoms with Gasteiger partial charge in [0.05, 0.1) is 5.56 Å². The number of aliphatic hydroxyl groups is 1. The summed E-state index contributed by atoms with van der Waals surface area (Å²) in [5.41, 5.74) is -5.04. The molecule has 12 heteroatoms. The summed E-state index contributed by atoms with van der Waals surface area (Å²) in [4.78, 5) is 27.8. The first kappa shape index (κ1) is 25.1. The maximum Gasteiger partial charge on any atom is 0.287 e. The fourth-order valence-corrected chi connectivity index (χ4v) is 5.56. The Morgan fingerprint density at radius 3 is 1.98 bits per heavy atom. The minimum absolute atomic E-state index is 0.114. The van der Waals surface area contributed by atoms with E-state index in [4.69, 9.17) is 13.9 Å². The number of phenolic OH excluding ortho intramolecular Hbond substituents is 5. The second kappa shape index (κ2) is 8.08. The zero-order valence-corrected chi connectivity index (χ0v) is 21.0. The molecule has 0 saturated heterocycles. The summed E-state index contributed by atoms with van der Waals surface area (Å²) >= 11 is 0. The van der Waals surface area contributed by atoms with E-state index in [1.807, 2.05) is 0 Å². The molecule has 7 rings (SSSR count). The predicted molar refractivity (Wildman–Crippen MR) is 142 cm³/mol. The van der Waals surface area contributed by atoms with Crippen molar-refractivity contribution in [1.29, 1.82) is 0 Å². The molecular weight excluding hydrogens is 552 g/mol. The van der Waals surface area contributed by atoms with Gasteiger partial charge >= 0.3 is 0 Å². The van der Waals surface area contributed by atoms with Crippen LogP contribution >= 0.6 is 0 Å². The molecule has 0 fully saturated rings. The van der Waals surface area contributed by atoms with E-state index >= 15 is 0 Å². The molecule has 0 amide bonds. The summed E-state index contributed by atoms with van der Waals surface area (Å²) in [7, 11) is 0. The zero-order valence-electron chi connectivity index (χ0n) is 21.0. The normalized spacial score (nSPS) is 20.4. The first-order valence-corrected chi connectivity index (χ1v) is 12.3. The third-order valence-electron chi connectivity index (χ3n) is 7.44. The number of ketones is 1. The molecule has 2 aliphatic rings. The molecule has 12 nitrogen and oxygen atoms in total. The van der Waals surface area contributed by atoms with Gasteiger partial charge in [0, 0.05) is 29.3 Å². The monoisotopic (exact) mass is 570 g/mol. The summed E-state index contributed by atoms with van der Waals surface area (Å²) < 4.78 is 18.0. The average molecular weight is 570 g/mol. The maximum atomic E-state index is 14.3. The number of ether oxygens (including phenoxy) is 2. The molecule has 2 unspecified atom stereocenters. The SMILES string of the molecule is O=C1c2c(O)cc(O)cc2OC12c1c(cc(O)c3c(=O)c(O)c(-c4ccc(O)cc4)oc13)OC2(O)c1ccc(O)cc1. The van der Waals surface area contributed by atoms with E-state index in [0.29, 0.717) is 0 Å². The lowest BCUT2D eigenvalue weighted by atomic mass is 9.78. The van der Waals surface area contributed by atoms with Gasteiger partial charge in [0.2, 0.25) is 17.0 Å². The Morgan fingerprint density at radius 2 is 1.31 bits per heavy atom. The number of carbonyl (C=O) groups excluding carboxylic acids is 1. The van der Waals surface area contributed by atoms with E-state index < -0.39 is 67.9 Å². The summed E-state index contributed by atoms with van der Waals surface area (Å²) in [6, 6.07) is 13.0. The van der Waals surface area contributed by atoms with E-state index in [1.54, 1.807) is 0 Å². The fourth-order valence-electron chi connectivity index (χ4n) is 5.56. The molecule has 1 aromatic heterocycles. The molecule has 2 atom stereocenters. The quantitative estimate of drug-likeness (QED) is 0.163. The van der Waals surface area contributed by atoms with Crippen LogP contribution in [0.4, 0.5) is 0 Å². The molecule has 7 N–H and O–H groups in total. The van der Waals surface area contributed by atoms with Crippen LogP contribution in [0.3, 0.4) is 0 Å². The largest absolute Gasteiger partial charge is 0.508 e. The Balaban J connectivity index is 1.62. The Kier molecular flexibility index (Phi) is 4.83. The zero-order chi connectivity index (χ0) is 29.7. The maximum absolute atomic E-state index is 14.3. The third-order valence-corrected chi connectivity index (χ3v) is 7.44. The lowest BCUT2D eigenvalue weighted by molar-refractivity contribution is -0.217. The molecule has 0 bridgehead atoms. The Labute approximate surface area is 233 Å². The summed E-state index contributed by atoms with van der Waals surface area (Å²) in [5.74, 6) is -7.98. The smallest absolute Gasteiger partial charge is 0.287 e. The van der Waals surface area contributed by atoms with Gasteiger partial charge in [-0.2, -0.15) is 0 Å². The average Bonchev–Trinajstić information content (AvgIpc) is 3.37. The van der Waals surface area contributed by atoms with Gasteiger partial charge in [-0.25, -0.2) is 0 Å². The number of Topliss-reactive ketones (excluding diaryl/α,β-unsaturated/α-hetero) is 1. The molecule has 1 spiro atoms. The Morgan fingerprint density at radius 1 is 0.667 bits per heavy atom. The lowest BCUT2D eigenvalue weighted by Crippen LogP contribution is -2.55. The minimum Gasteiger partial charge on any atom is -0.508 e. The van der Waals surface area contributed by atoms with E-state index in [9.17, 15) is 45.3 Å². The van der Waals surface area contributed by atoms with Gasteiger partial charge in [-0.05, 0) is 48.5 Å². The number of aromatic hydroxyl groups is 6. The fraction of sp³-hybridized carbons (Fsp3) is 0.0667. The topological polar surface area (TPSA) is 207 Å². The highest BCUT2D eigenvalue weighted by molar-refractivity contribution is 6.13. The van der Waals surface area contributed by atoms with Crippen molar-refractivity contribution in [2.75, 3.05) is 0 Å². The van der Waals surface area contributed by atoms with Crippen molar-refractivity contribution in [2.24, 2.45) is 0 Å². The molecule has 5 aromatic rings. The minimum atomic E-state index is -2.77. The Hall–Kier alpha value is -5.88. The molecule has 210 valence electrons. The number of hydrogen-bond acceptors (Lipinski definition) is 12. The number of fused-ring (bicyclic) bond motifs is 5. The Bertz CT molecular complexity index is 2050. The van der Waals surface area contributed by atoms with E-state index in [0.717, 1.165) is 18.2 Å². The van der Waals surface area contributed by atoms with Crippen LogP contribution in [0.15, 0.2) is 75.9 Å². The highest BCUT2D eigenvalue weighted by Gasteiger charge is 2.73. The highest BCUT2D eigenvalue weighted by Crippen LogP contribution is 2.62. The first-order valence-electron chi connectivity index (χ1n) is 12.3. The van der Waals surface area contributed by atoms with Crippen molar-refractivity contribution in [1.82, 2.24) is 0 Å². The second-order valence-corrected chi connectivity index (χ2v) is 9.87. The van der Waals surface area contributed by atoms with Gasteiger partial charge in [0.15, 0.2) is 11.3 Å². The number of phenols is 5. The van der Waals surface area contributed by atoms with Crippen molar-refractivity contribution in [2.45, 2.75) is 11.4 Å². The molecule has 42 heavy (non-hydrogen) atoms. The summed E-state index contributed by atoms with van der Waals surface area (Å²) in [6.45, 7) is 0. The van der Waals surface area contributed by atoms with Gasteiger partial charge in [0.25, 0.3) is 11.4 Å². The van der Waals surface area contributed by atoms with E-state index in [2.05, 4.69) is 0 Å². The van der Waals surface area contributed by atoms with Gasteiger partial charge < -0.3 is 49.6 Å². The first-order chi connectivity index (χ1) is 20.0. The van der Waals surface area contributed by atoms with Gasteiger partial charge in [-0.1, -0.05) is 0 Å². The molecule has 0 radical (unpaired) electrons. The summed E-state index contributed by atoms with van der Waals surface area (Å²) in [6.07, 6.45) is 0. The number of benzene rings is 4. The summed E-state index contributed by atoms with van der Waals surface area (Å²) in [5, 5.41) is 73.6. The van der Waals surface area contributed by atoms with Crippen LogP contribution in [0.25, 0.3) is 22.3 Å². The van der Waals surface area contributed by atoms with Crippen molar-refractivity contribution in [3.8, 4) is 57.3 Å². The molecular formula is C30H18O12. The van der Waals surface area contributed by atoms with Crippen molar-refractivity contribution < 1.29 is 54.4 Å². The molecule has 4 aromatic carbocycles.